The van der Waals surface area contributed by atoms with E-state index in [1.807, 2.05) is 0 Å². The topological polar surface area (TPSA) is 9.72 Å². The van der Waals surface area contributed by atoms with E-state index < -0.39 is 7.92 Å². The van der Waals surface area contributed by atoms with Gasteiger partial charge in [0, 0.05) is 59.3 Å². The summed E-state index contributed by atoms with van der Waals surface area (Å²) >= 11 is 0. The van der Waals surface area contributed by atoms with Crippen LogP contribution in [0.2, 0.25) is 0 Å². The third-order valence-corrected chi connectivity index (χ3v) is 8.76. The van der Waals surface area contributed by atoms with Gasteiger partial charge in [0.05, 0.1) is 0 Å². The van der Waals surface area contributed by atoms with Crippen LogP contribution in [0.15, 0.2) is 54.6 Å². The zero-order chi connectivity index (χ0) is 22.9. The average molecular weight is 434 g/mol. The fraction of sp³-hybridized carbons (Fsp3) is 0.333. The lowest BCUT2D eigenvalue weighted by molar-refractivity contribution is 1.13. The average Bonchev–Trinajstić information content (AvgIpc) is 2.70. The van der Waals surface area contributed by atoms with Crippen molar-refractivity contribution >= 4 is 40.9 Å². The maximum Gasteiger partial charge on any atom is 0.0364 e. The van der Waals surface area contributed by atoms with Gasteiger partial charge in [-0.25, -0.2) is 0 Å². The molecule has 0 aromatic heterocycles. The minimum Gasteiger partial charge on any atom is -0.378 e. The molecule has 0 unspecified atom stereocenters. The largest absolute Gasteiger partial charge is 0.378 e. The van der Waals surface area contributed by atoms with Gasteiger partial charge in [-0.2, -0.15) is 0 Å². The Morgan fingerprint density at radius 1 is 0.452 bits per heavy atom. The Kier molecular flexibility index (Phi) is 6.96. The van der Waals surface area contributed by atoms with Crippen molar-refractivity contribution in [3.63, 3.8) is 0 Å². The molecule has 0 radical (unpaired) electrons. The second kappa shape index (κ2) is 9.32. The maximum absolute atomic E-state index is 2.34. The molecule has 0 saturated heterocycles. The third-order valence-electron chi connectivity index (χ3n) is 5.81. The van der Waals surface area contributed by atoms with Crippen LogP contribution in [0.5, 0.6) is 0 Å². The molecule has 0 saturated carbocycles. The molecule has 31 heavy (non-hydrogen) atoms. The number of hydrogen-bond donors (Lipinski definition) is 0. The van der Waals surface area contributed by atoms with Crippen molar-refractivity contribution in [2.75, 3.05) is 57.0 Å². The van der Waals surface area contributed by atoms with Gasteiger partial charge in [-0.05, 0) is 97.7 Å². The van der Waals surface area contributed by atoms with Crippen LogP contribution in [0.25, 0.3) is 0 Å². The number of benzene rings is 3. The minimum absolute atomic E-state index is 0.659. The van der Waals surface area contributed by atoms with Crippen molar-refractivity contribution in [1.29, 1.82) is 0 Å². The maximum atomic E-state index is 2.34. The fourth-order valence-electron chi connectivity index (χ4n) is 3.90. The van der Waals surface area contributed by atoms with Crippen molar-refractivity contribution < 1.29 is 0 Å². The summed E-state index contributed by atoms with van der Waals surface area (Å²) in [6, 6.07) is 20.7. The zero-order valence-electron chi connectivity index (χ0n) is 20.5. The molecule has 3 aromatic rings. The molecule has 4 heteroatoms. The molecule has 3 nitrogen and oxygen atoms in total. The lowest BCUT2D eigenvalue weighted by atomic mass is 10.2. The van der Waals surface area contributed by atoms with Gasteiger partial charge in [0.2, 0.25) is 0 Å². The van der Waals surface area contributed by atoms with Gasteiger partial charge in [-0.3, -0.25) is 0 Å². The highest BCUT2D eigenvalue weighted by molar-refractivity contribution is 7.80. The summed E-state index contributed by atoms with van der Waals surface area (Å²) < 4.78 is 0. The predicted octanol–water partition coefficient (Wildman–Crippen LogP) is 4.57. The van der Waals surface area contributed by atoms with Crippen LogP contribution in [-0.2, 0) is 0 Å². The smallest absolute Gasteiger partial charge is 0.0364 e. The van der Waals surface area contributed by atoms with E-state index in [-0.39, 0.29) is 0 Å². The molecule has 0 spiro atoms. The zero-order valence-corrected chi connectivity index (χ0v) is 21.4. The summed E-state index contributed by atoms with van der Waals surface area (Å²) in [7, 11) is 12.0. The van der Waals surface area contributed by atoms with E-state index in [4.69, 9.17) is 0 Å². The Balaban J connectivity index is 2.23. The fourth-order valence-corrected chi connectivity index (χ4v) is 6.60. The van der Waals surface area contributed by atoms with Crippen molar-refractivity contribution in [1.82, 2.24) is 0 Å². The van der Waals surface area contributed by atoms with Crippen LogP contribution in [-0.4, -0.2) is 42.3 Å². The van der Waals surface area contributed by atoms with Crippen LogP contribution >= 0.6 is 7.92 Å². The minimum atomic E-state index is -0.659. The van der Waals surface area contributed by atoms with E-state index in [0.29, 0.717) is 0 Å². The van der Waals surface area contributed by atoms with Crippen molar-refractivity contribution in [2.24, 2.45) is 0 Å². The van der Waals surface area contributed by atoms with E-state index in [1.54, 1.807) is 0 Å². The van der Waals surface area contributed by atoms with Gasteiger partial charge < -0.3 is 14.7 Å². The number of rotatable bonds is 6. The first-order chi connectivity index (χ1) is 14.6. The second-order valence-electron chi connectivity index (χ2n) is 8.93. The van der Waals surface area contributed by atoms with Gasteiger partial charge in [-0.1, -0.05) is 18.2 Å². The molecule has 3 aromatic carbocycles. The van der Waals surface area contributed by atoms with Crippen molar-refractivity contribution in [3.05, 3.63) is 71.3 Å². The summed E-state index contributed by atoms with van der Waals surface area (Å²) in [6.07, 6.45) is 0. The van der Waals surface area contributed by atoms with Crippen LogP contribution < -0.4 is 30.6 Å². The SMILES string of the molecule is Cc1cc(N(C)C)ccc1P(c1ccc(N(C)C)cc1C)c1ccc(N(C)C)cc1C. The Hall–Kier alpha value is -2.51. The molecule has 0 aliphatic rings. The first-order valence-corrected chi connectivity index (χ1v) is 12.1. The molecule has 0 atom stereocenters. The summed E-state index contributed by atoms with van der Waals surface area (Å²) in [5, 5.41) is 4.30. The summed E-state index contributed by atoms with van der Waals surface area (Å²) in [4.78, 5) is 6.52. The van der Waals surface area contributed by atoms with Crippen LogP contribution in [0.3, 0.4) is 0 Å². The molecule has 0 aliphatic heterocycles. The highest BCUT2D eigenvalue weighted by atomic mass is 31.1. The molecule has 0 aliphatic carbocycles. The molecule has 0 N–H and O–H groups in total. The number of anilines is 3. The molecular formula is C27H36N3P. The van der Waals surface area contributed by atoms with Crippen LogP contribution in [0.4, 0.5) is 17.1 Å². The van der Waals surface area contributed by atoms with Gasteiger partial charge in [0.25, 0.3) is 0 Å². The second-order valence-corrected chi connectivity index (χ2v) is 11.0. The van der Waals surface area contributed by atoms with E-state index in [0.717, 1.165) is 0 Å². The summed E-state index contributed by atoms with van der Waals surface area (Å²) in [6.45, 7) is 6.76. The number of hydrogen-bond acceptors (Lipinski definition) is 3. The van der Waals surface area contributed by atoms with Crippen LogP contribution in [0.1, 0.15) is 16.7 Å². The predicted molar refractivity (Wildman–Crippen MR) is 142 cm³/mol. The molecule has 0 bridgehead atoms. The number of aryl methyl sites for hydroxylation is 3. The normalized spacial score (nSPS) is 11.0. The van der Waals surface area contributed by atoms with E-state index in [2.05, 4.69) is 132 Å². The summed E-state index contributed by atoms with van der Waals surface area (Å²) in [5.41, 5.74) is 7.79. The molecule has 0 fully saturated rings. The van der Waals surface area contributed by atoms with Crippen molar-refractivity contribution in [2.45, 2.75) is 20.8 Å². The third kappa shape index (κ3) is 4.88. The highest BCUT2D eigenvalue weighted by Gasteiger charge is 2.23. The summed E-state index contributed by atoms with van der Waals surface area (Å²) in [5.74, 6) is 0. The Morgan fingerprint density at radius 2 is 0.710 bits per heavy atom. The van der Waals surface area contributed by atoms with Crippen molar-refractivity contribution in [3.8, 4) is 0 Å². The molecular weight excluding hydrogens is 397 g/mol. The van der Waals surface area contributed by atoms with Gasteiger partial charge >= 0.3 is 0 Å². The Labute approximate surface area is 190 Å². The quantitative estimate of drug-likeness (QED) is 0.528. The van der Waals surface area contributed by atoms with E-state index in [1.165, 1.54) is 49.7 Å². The first kappa shape index (κ1) is 23.2. The monoisotopic (exact) mass is 433 g/mol. The van der Waals surface area contributed by atoms with E-state index >= 15 is 0 Å². The Morgan fingerprint density at radius 3 is 0.903 bits per heavy atom. The van der Waals surface area contributed by atoms with Crippen LogP contribution in [0, 0.1) is 20.8 Å². The lowest BCUT2D eigenvalue weighted by Gasteiger charge is -2.27. The molecule has 164 valence electrons. The van der Waals surface area contributed by atoms with Gasteiger partial charge in [0.15, 0.2) is 0 Å². The van der Waals surface area contributed by atoms with Gasteiger partial charge in [0.1, 0.15) is 0 Å². The standard InChI is InChI=1S/C27H36N3P/c1-19-16-22(28(4)5)10-13-25(19)31(26-14-11-23(29(6)7)17-20(26)2)27-15-12-24(30(8)9)18-21(27)3/h10-18H,1-9H3. The molecule has 0 heterocycles. The first-order valence-electron chi connectivity index (χ1n) is 10.7. The Bertz CT molecular complexity index is 933. The molecule has 3 rings (SSSR count). The molecule has 0 amide bonds. The number of nitrogens with zero attached hydrogens (tertiary/aromatic N) is 3. The highest BCUT2D eigenvalue weighted by Crippen LogP contribution is 2.38. The van der Waals surface area contributed by atoms with E-state index in [9.17, 15) is 0 Å². The van der Waals surface area contributed by atoms with Gasteiger partial charge in [-0.15, -0.1) is 0 Å². The lowest BCUT2D eigenvalue weighted by Crippen LogP contribution is -2.26.